The van der Waals surface area contributed by atoms with Crippen LogP contribution in [0.25, 0.3) is 0 Å². The van der Waals surface area contributed by atoms with Gasteiger partial charge in [0.2, 0.25) is 0 Å². The smallest absolute Gasteiger partial charge is 0.190 e. The first-order valence-corrected chi connectivity index (χ1v) is 6.65. The second-order valence-corrected chi connectivity index (χ2v) is 4.66. The molecule has 1 unspecified atom stereocenters. The summed E-state index contributed by atoms with van der Waals surface area (Å²) in [5.41, 5.74) is 2.22. The van der Waals surface area contributed by atoms with Gasteiger partial charge >= 0.3 is 0 Å². The minimum atomic E-state index is -0.352. The van der Waals surface area contributed by atoms with Gasteiger partial charge in [-0.05, 0) is 17.5 Å². The Hall–Kier alpha value is -2.26. The van der Waals surface area contributed by atoms with Crippen molar-refractivity contribution in [3.63, 3.8) is 0 Å². The van der Waals surface area contributed by atoms with Crippen molar-refractivity contribution in [1.29, 1.82) is 5.41 Å². The third kappa shape index (κ3) is 4.14. The summed E-state index contributed by atoms with van der Waals surface area (Å²) in [5, 5.41) is 10.4. The quantitative estimate of drug-likeness (QED) is 0.757. The lowest BCUT2D eigenvalue weighted by molar-refractivity contribution is -0.114. The number of ketones is 1. The van der Waals surface area contributed by atoms with Crippen LogP contribution in [0.5, 0.6) is 0 Å². The Morgan fingerprint density at radius 2 is 1.55 bits per heavy atom. The molecule has 0 saturated carbocycles. The van der Waals surface area contributed by atoms with Crippen LogP contribution in [0.1, 0.15) is 11.1 Å². The summed E-state index contributed by atoms with van der Waals surface area (Å²) in [5.74, 6) is -0.190. The van der Waals surface area contributed by atoms with Crippen molar-refractivity contribution in [1.82, 2.24) is 5.32 Å². The zero-order chi connectivity index (χ0) is 14.2. The molecule has 0 saturated heterocycles. The fourth-order valence-electron chi connectivity index (χ4n) is 2.06. The van der Waals surface area contributed by atoms with Crippen LogP contribution in [0.4, 0.5) is 0 Å². The summed E-state index contributed by atoms with van der Waals surface area (Å²) in [6.07, 6.45) is 1.49. The minimum Gasteiger partial charge on any atom is -0.305 e. The number of carbonyl (C=O) groups is 1. The number of rotatable bonds is 7. The molecule has 2 aromatic carbocycles. The Morgan fingerprint density at radius 3 is 2.10 bits per heavy atom. The molecule has 0 heterocycles. The molecule has 0 radical (unpaired) electrons. The largest absolute Gasteiger partial charge is 0.305 e. The maximum Gasteiger partial charge on any atom is 0.190 e. The zero-order valence-electron chi connectivity index (χ0n) is 11.3. The van der Waals surface area contributed by atoms with E-state index in [0.717, 1.165) is 17.3 Å². The molecular formula is C17H18N2O. The van der Waals surface area contributed by atoms with Crippen LogP contribution in [-0.4, -0.2) is 18.0 Å². The van der Waals surface area contributed by atoms with Gasteiger partial charge in [-0.3, -0.25) is 4.79 Å². The lowest BCUT2D eigenvalue weighted by atomic mass is 10.0. The minimum absolute atomic E-state index is 0.190. The van der Waals surface area contributed by atoms with Crippen LogP contribution in [0.3, 0.4) is 0 Å². The summed E-state index contributed by atoms with van der Waals surface area (Å²) < 4.78 is 0. The number of hydrogen-bond acceptors (Lipinski definition) is 3. The highest BCUT2D eigenvalue weighted by Crippen LogP contribution is 2.05. The van der Waals surface area contributed by atoms with Gasteiger partial charge in [-0.2, -0.15) is 0 Å². The van der Waals surface area contributed by atoms with E-state index in [-0.39, 0.29) is 11.8 Å². The molecule has 102 valence electrons. The Bertz CT molecular complexity index is 552. The van der Waals surface area contributed by atoms with Crippen molar-refractivity contribution in [2.45, 2.75) is 19.0 Å². The number of benzene rings is 2. The SMILES string of the molecule is N=CC(=O)C(Cc1ccccc1)NCc1ccccc1. The van der Waals surface area contributed by atoms with E-state index < -0.39 is 0 Å². The van der Waals surface area contributed by atoms with E-state index in [1.165, 1.54) is 0 Å². The molecule has 0 amide bonds. The van der Waals surface area contributed by atoms with Crippen LogP contribution >= 0.6 is 0 Å². The Labute approximate surface area is 119 Å². The summed E-state index contributed by atoms with van der Waals surface area (Å²) in [7, 11) is 0. The average molecular weight is 266 g/mol. The molecule has 20 heavy (non-hydrogen) atoms. The van der Waals surface area contributed by atoms with E-state index in [1.54, 1.807) is 0 Å². The van der Waals surface area contributed by atoms with Crippen LogP contribution in [0.2, 0.25) is 0 Å². The standard InChI is InChI=1S/C17H18N2O/c18-12-17(20)16(11-14-7-3-1-4-8-14)19-13-15-9-5-2-6-10-15/h1-10,12,16,18-19H,11,13H2. The van der Waals surface area contributed by atoms with Crippen LogP contribution < -0.4 is 5.32 Å². The number of carbonyl (C=O) groups excluding carboxylic acids is 1. The van der Waals surface area contributed by atoms with E-state index in [4.69, 9.17) is 5.41 Å². The normalized spacial score (nSPS) is 11.8. The predicted molar refractivity (Wildman–Crippen MR) is 81.0 cm³/mol. The highest BCUT2D eigenvalue weighted by molar-refractivity contribution is 6.28. The topological polar surface area (TPSA) is 53.0 Å². The van der Waals surface area contributed by atoms with E-state index in [0.29, 0.717) is 13.0 Å². The third-order valence-corrected chi connectivity index (χ3v) is 3.16. The number of nitrogens with one attached hydrogen (secondary N) is 2. The van der Waals surface area contributed by atoms with Gasteiger partial charge in [-0.1, -0.05) is 60.7 Å². The summed E-state index contributed by atoms with van der Waals surface area (Å²) in [4.78, 5) is 11.8. The Morgan fingerprint density at radius 1 is 1.00 bits per heavy atom. The monoisotopic (exact) mass is 266 g/mol. The molecule has 0 aliphatic carbocycles. The van der Waals surface area contributed by atoms with Gasteiger partial charge in [0.1, 0.15) is 0 Å². The van der Waals surface area contributed by atoms with Crippen molar-refractivity contribution in [2.75, 3.05) is 0 Å². The van der Waals surface area contributed by atoms with Crippen LogP contribution in [-0.2, 0) is 17.8 Å². The first-order chi connectivity index (χ1) is 9.79. The highest BCUT2D eigenvalue weighted by Gasteiger charge is 2.16. The molecule has 0 aliphatic heterocycles. The molecule has 0 spiro atoms. The molecule has 2 rings (SSSR count). The van der Waals surface area contributed by atoms with Crippen molar-refractivity contribution in [3.8, 4) is 0 Å². The zero-order valence-corrected chi connectivity index (χ0v) is 11.3. The molecule has 2 aromatic rings. The Kier molecular flexibility index (Phi) is 5.21. The number of hydrogen-bond donors (Lipinski definition) is 2. The molecule has 0 fully saturated rings. The molecule has 1 atom stereocenters. The first kappa shape index (κ1) is 14.2. The molecule has 3 heteroatoms. The Balaban J connectivity index is 2.01. The van der Waals surface area contributed by atoms with Gasteiger partial charge in [-0.25, -0.2) is 0 Å². The van der Waals surface area contributed by atoms with Crippen molar-refractivity contribution < 1.29 is 4.79 Å². The second kappa shape index (κ2) is 7.36. The molecule has 0 bridgehead atoms. The predicted octanol–water partition coefficient (Wildman–Crippen LogP) is 2.61. The second-order valence-electron chi connectivity index (χ2n) is 4.66. The molecule has 0 aliphatic rings. The fourth-order valence-corrected chi connectivity index (χ4v) is 2.06. The average Bonchev–Trinajstić information content (AvgIpc) is 2.52. The lowest BCUT2D eigenvalue weighted by Crippen LogP contribution is -2.38. The summed E-state index contributed by atoms with van der Waals surface area (Å²) in [6, 6.07) is 19.4. The number of Topliss-reactive ketones (excluding diaryl/α,β-unsaturated/α-hetero) is 1. The van der Waals surface area contributed by atoms with Gasteiger partial charge in [-0.15, -0.1) is 0 Å². The fraction of sp³-hybridized carbons (Fsp3) is 0.176. The molecule has 3 nitrogen and oxygen atoms in total. The van der Waals surface area contributed by atoms with Crippen LogP contribution in [0.15, 0.2) is 60.7 Å². The molecular weight excluding hydrogens is 248 g/mol. The summed E-state index contributed by atoms with van der Waals surface area (Å²) >= 11 is 0. The summed E-state index contributed by atoms with van der Waals surface area (Å²) in [6.45, 7) is 0.623. The first-order valence-electron chi connectivity index (χ1n) is 6.65. The van der Waals surface area contributed by atoms with Gasteiger partial charge in [0.25, 0.3) is 0 Å². The van der Waals surface area contributed by atoms with Gasteiger partial charge < -0.3 is 10.7 Å². The third-order valence-electron chi connectivity index (χ3n) is 3.16. The van der Waals surface area contributed by atoms with E-state index in [9.17, 15) is 4.79 Å². The van der Waals surface area contributed by atoms with Gasteiger partial charge in [0.15, 0.2) is 5.78 Å². The maximum absolute atomic E-state index is 11.8. The van der Waals surface area contributed by atoms with Crippen LogP contribution in [0, 0.1) is 5.41 Å². The van der Waals surface area contributed by atoms with E-state index >= 15 is 0 Å². The van der Waals surface area contributed by atoms with Crippen molar-refractivity contribution in [3.05, 3.63) is 71.8 Å². The van der Waals surface area contributed by atoms with Crippen molar-refractivity contribution in [2.24, 2.45) is 0 Å². The lowest BCUT2D eigenvalue weighted by Gasteiger charge is -2.16. The van der Waals surface area contributed by atoms with E-state index in [2.05, 4.69) is 5.32 Å². The van der Waals surface area contributed by atoms with Gasteiger partial charge in [0.05, 0.1) is 12.3 Å². The maximum atomic E-state index is 11.8. The van der Waals surface area contributed by atoms with Gasteiger partial charge in [0, 0.05) is 6.54 Å². The highest BCUT2D eigenvalue weighted by atomic mass is 16.1. The van der Waals surface area contributed by atoms with E-state index in [1.807, 2.05) is 60.7 Å². The van der Waals surface area contributed by atoms with Crippen molar-refractivity contribution >= 4 is 12.0 Å². The molecule has 2 N–H and O–H groups in total. The molecule has 0 aromatic heterocycles.